The van der Waals surface area contributed by atoms with Crippen LogP contribution in [0.4, 0.5) is 15.8 Å². The van der Waals surface area contributed by atoms with Gasteiger partial charge in [-0.15, -0.1) is 0 Å². The van der Waals surface area contributed by atoms with Crippen LogP contribution in [0, 0.1) is 5.82 Å². The number of benzene rings is 2. The van der Waals surface area contributed by atoms with E-state index in [9.17, 15) is 9.18 Å². The van der Waals surface area contributed by atoms with Gasteiger partial charge in [-0.3, -0.25) is 9.78 Å². The summed E-state index contributed by atoms with van der Waals surface area (Å²) in [5.41, 5.74) is 3.37. The van der Waals surface area contributed by atoms with Gasteiger partial charge in [0.15, 0.2) is 0 Å². The Balaban J connectivity index is 1.38. The van der Waals surface area contributed by atoms with Crippen LogP contribution in [0.1, 0.15) is 16.1 Å². The van der Waals surface area contributed by atoms with Crippen LogP contribution in [0.15, 0.2) is 79.1 Å². The summed E-state index contributed by atoms with van der Waals surface area (Å²) in [5, 5.41) is 7.09. The molecular weight excluding hydrogens is 367 g/mol. The van der Waals surface area contributed by atoms with E-state index < -0.39 is 0 Å². The second-order valence-corrected chi connectivity index (χ2v) is 6.54. The fraction of sp³-hybridized carbons (Fsp3) is 0.0870. The Morgan fingerprint density at radius 1 is 0.931 bits per heavy atom. The maximum Gasteiger partial charge on any atom is 0.269 e. The molecule has 2 aromatic heterocycles. The summed E-state index contributed by atoms with van der Waals surface area (Å²) in [4.78, 5) is 20.9. The largest absolute Gasteiger partial charge is 0.352 e. The molecule has 2 N–H and O–H groups in total. The first kappa shape index (κ1) is 18.6. The first-order valence-electron chi connectivity index (χ1n) is 9.29. The fourth-order valence-electron chi connectivity index (χ4n) is 3.07. The van der Waals surface area contributed by atoms with Crippen LogP contribution in [0.3, 0.4) is 0 Å². The molecule has 0 aliphatic rings. The molecule has 0 spiro atoms. The van der Waals surface area contributed by atoms with Crippen LogP contribution in [0.2, 0.25) is 0 Å². The highest BCUT2D eigenvalue weighted by atomic mass is 19.1. The van der Waals surface area contributed by atoms with Gasteiger partial charge in [0.2, 0.25) is 0 Å². The second kappa shape index (κ2) is 8.48. The number of nitrogens with one attached hydrogen (secondary N) is 2. The van der Waals surface area contributed by atoms with Crippen molar-refractivity contribution in [2.75, 3.05) is 11.9 Å². The molecule has 0 aliphatic heterocycles. The number of hydrogen-bond acceptors (Lipinski definition) is 4. The zero-order chi connectivity index (χ0) is 20.1. The van der Waals surface area contributed by atoms with Crippen LogP contribution >= 0.6 is 0 Å². The smallest absolute Gasteiger partial charge is 0.269 e. The monoisotopic (exact) mass is 386 g/mol. The van der Waals surface area contributed by atoms with E-state index in [0.717, 1.165) is 22.3 Å². The van der Waals surface area contributed by atoms with Crippen LogP contribution in [-0.4, -0.2) is 22.4 Å². The number of carbonyl (C=O) groups excluding carboxylic acids is 1. The van der Waals surface area contributed by atoms with E-state index >= 15 is 0 Å². The minimum Gasteiger partial charge on any atom is -0.352 e. The Labute approximate surface area is 167 Å². The van der Waals surface area contributed by atoms with Gasteiger partial charge in [0.1, 0.15) is 11.5 Å². The van der Waals surface area contributed by atoms with Gasteiger partial charge in [0.05, 0.1) is 23.1 Å². The number of hydrogen-bond donors (Lipinski definition) is 2. The van der Waals surface area contributed by atoms with Gasteiger partial charge < -0.3 is 10.6 Å². The third kappa shape index (κ3) is 4.38. The van der Waals surface area contributed by atoms with E-state index in [0.29, 0.717) is 24.2 Å². The molecular formula is C23H19FN4O. The van der Waals surface area contributed by atoms with Gasteiger partial charge in [-0.25, -0.2) is 9.37 Å². The third-order valence-corrected chi connectivity index (χ3v) is 4.55. The number of rotatable bonds is 6. The van der Waals surface area contributed by atoms with Crippen molar-refractivity contribution in [1.29, 1.82) is 0 Å². The number of amides is 1. The quantitative estimate of drug-likeness (QED) is 0.513. The molecule has 0 aliphatic carbocycles. The molecule has 0 atom stereocenters. The number of pyridine rings is 2. The van der Waals surface area contributed by atoms with E-state index in [4.69, 9.17) is 0 Å². The van der Waals surface area contributed by atoms with Crippen LogP contribution in [0.25, 0.3) is 10.9 Å². The molecule has 4 rings (SSSR count). The standard InChI is InChI=1S/C23H19FN4O/c24-19-8-2-1-5-16(19)12-14-26-23(29)21-11-10-18(15-27-21)28-20-9-3-6-17-7-4-13-25-22(17)20/h1-11,13,15,28H,12,14H2,(H,26,29). The first-order valence-corrected chi connectivity index (χ1v) is 9.29. The van der Waals surface area contributed by atoms with E-state index in [-0.39, 0.29) is 11.7 Å². The molecule has 0 radical (unpaired) electrons. The van der Waals surface area contributed by atoms with Crippen molar-refractivity contribution in [2.45, 2.75) is 6.42 Å². The molecule has 0 unspecified atom stereocenters. The zero-order valence-electron chi connectivity index (χ0n) is 15.6. The van der Waals surface area contributed by atoms with E-state index in [1.807, 2.05) is 30.3 Å². The number of halogens is 1. The minimum atomic E-state index is -0.292. The zero-order valence-corrected chi connectivity index (χ0v) is 15.6. The van der Waals surface area contributed by atoms with Crippen LogP contribution in [-0.2, 0) is 6.42 Å². The topological polar surface area (TPSA) is 66.9 Å². The lowest BCUT2D eigenvalue weighted by Crippen LogP contribution is -2.26. The van der Waals surface area contributed by atoms with E-state index in [1.165, 1.54) is 6.07 Å². The first-order chi connectivity index (χ1) is 14.2. The molecule has 29 heavy (non-hydrogen) atoms. The number of nitrogens with zero attached hydrogens (tertiary/aromatic N) is 2. The molecule has 0 bridgehead atoms. The molecule has 144 valence electrons. The SMILES string of the molecule is O=C(NCCc1ccccc1F)c1ccc(Nc2cccc3cccnc23)cn1. The lowest BCUT2D eigenvalue weighted by molar-refractivity contribution is 0.0949. The average molecular weight is 386 g/mol. The maximum atomic E-state index is 13.6. The predicted octanol–water partition coefficient (Wildman–Crippen LogP) is 4.49. The summed E-state index contributed by atoms with van der Waals surface area (Å²) in [6, 6.07) is 19.8. The van der Waals surface area contributed by atoms with Crippen molar-refractivity contribution in [3.63, 3.8) is 0 Å². The maximum absolute atomic E-state index is 13.6. The highest BCUT2D eigenvalue weighted by molar-refractivity contribution is 5.93. The highest BCUT2D eigenvalue weighted by Crippen LogP contribution is 2.24. The van der Waals surface area contributed by atoms with Crippen molar-refractivity contribution in [2.24, 2.45) is 0 Å². The molecule has 4 aromatic rings. The normalized spacial score (nSPS) is 10.7. The Bertz CT molecular complexity index is 1140. The lowest BCUT2D eigenvalue weighted by atomic mass is 10.1. The second-order valence-electron chi connectivity index (χ2n) is 6.54. The van der Waals surface area contributed by atoms with Gasteiger partial charge >= 0.3 is 0 Å². The Morgan fingerprint density at radius 3 is 2.62 bits per heavy atom. The Kier molecular flexibility index (Phi) is 5.42. The summed E-state index contributed by atoms with van der Waals surface area (Å²) < 4.78 is 13.6. The van der Waals surface area contributed by atoms with Crippen molar-refractivity contribution < 1.29 is 9.18 Å². The Hall–Kier alpha value is -3.80. The molecule has 5 nitrogen and oxygen atoms in total. The number of carbonyl (C=O) groups is 1. The van der Waals surface area contributed by atoms with Crippen molar-refractivity contribution in [3.05, 3.63) is 96.2 Å². The lowest BCUT2D eigenvalue weighted by Gasteiger charge is -2.10. The van der Waals surface area contributed by atoms with Crippen molar-refractivity contribution >= 4 is 28.2 Å². The fourth-order valence-corrected chi connectivity index (χ4v) is 3.07. The van der Waals surface area contributed by atoms with Crippen LogP contribution < -0.4 is 10.6 Å². The molecule has 0 fully saturated rings. The average Bonchev–Trinajstić information content (AvgIpc) is 2.76. The van der Waals surface area contributed by atoms with E-state index in [1.54, 1.807) is 42.7 Å². The molecule has 1 amide bonds. The summed E-state index contributed by atoms with van der Waals surface area (Å²) in [6.45, 7) is 0.336. The predicted molar refractivity (Wildman–Crippen MR) is 112 cm³/mol. The van der Waals surface area contributed by atoms with Gasteiger partial charge in [-0.1, -0.05) is 36.4 Å². The minimum absolute atomic E-state index is 0.266. The van der Waals surface area contributed by atoms with Crippen molar-refractivity contribution in [3.8, 4) is 0 Å². The van der Waals surface area contributed by atoms with Crippen LogP contribution in [0.5, 0.6) is 0 Å². The summed E-state index contributed by atoms with van der Waals surface area (Å²) in [5.74, 6) is -0.557. The molecule has 0 saturated heterocycles. The van der Waals surface area contributed by atoms with Gasteiger partial charge in [0.25, 0.3) is 5.91 Å². The van der Waals surface area contributed by atoms with E-state index in [2.05, 4.69) is 20.6 Å². The summed E-state index contributed by atoms with van der Waals surface area (Å²) in [7, 11) is 0. The van der Waals surface area contributed by atoms with Gasteiger partial charge in [-0.05, 0) is 42.3 Å². The Morgan fingerprint density at radius 2 is 1.79 bits per heavy atom. The summed E-state index contributed by atoms with van der Waals surface area (Å²) >= 11 is 0. The van der Waals surface area contributed by atoms with Gasteiger partial charge in [-0.2, -0.15) is 0 Å². The van der Waals surface area contributed by atoms with Crippen molar-refractivity contribution in [1.82, 2.24) is 15.3 Å². The molecule has 2 aromatic carbocycles. The summed E-state index contributed by atoms with van der Waals surface area (Å²) in [6.07, 6.45) is 3.78. The van der Waals surface area contributed by atoms with Gasteiger partial charge in [0, 0.05) is 18.1 Å². The number of aromatic nitrogens is 2. The third-order valence-electron chi connectivity index (χ3n) is 4.55. The number of para-hydroxylation sites is 1. The highest BCUT2D eigenvalue weighted by Gasteiger charge is 2.08. The molecule has 6 heteroatoms. The number of anilines is 2. The molecule has 0 saturated carbocycles. The number of fused-ring (bicyclic) bond motifs is 1. The molecule has 2 heterocycles.